The number of hydrogen-bond donors (Lipinski definition) is 2. The summed E-state index contributed by atoms with van der Waals surface area (Å²) in [6.07, 6.45) is 1.84. The minimum atomic E-state index is -0.614. The summed E-state index contributed by atoms with van der Waals surface area (Å²) in [5.74, 6) is 2.07. The number of hydrogen-bond acceptors (Lipinski definition) is 5. The van der Waals surface area contributed by atoms with Crippen LogP contribution in [0.3, 0.4) is 0 Å². The van der Waals surface area contributed by atoms with Gasteiger partial charge in [0.2, 0.25) is 0 Å². The Morgan fingerprint density at radius 3 is 2.85 bits per heavy atom. The minimum absolute atomic E-state index is 0.343. The van der Waals surface area contributed by atoms with Gasteiger partial charge in [-0.25, -0.2) is 0 Å². The zero-order chi connectivity index (χ0) is 9.10. The number of aromatic nitrogens is 4. The van der Waals surface area contributed by atoms with Crippen LogP contribution in [0.2, 0.25) is 0 Å². The van der Waals surface area contributed by atoms with Crippen LogP contribution in [-0.2, 0) is 10.8 Å². The first kappa shape index (κ1) is 8.61. The fraction of sp³-hybridized carbons (Fsp3) is 0.833. The largest absolute Gasteiger partial charge is 0.349 e. The molecule has 1 aliphatic rings. The smallest absolute Gasteiger partial charge is 0.263 e. The number of tetrazole rings is 1. The van der Waals surface area contributed by atoms with Gasteiger partial charge in [-0.15, -0.1) is 5.10 Å². The van der Waals surface area contributed by atoms with Crippen LogP contribution in [0.15, 0.2) is 0 Å². The Morgan fingerprint density at radius 2 is 2.23 bits per heavy atom. The maximum atomic E-state index is 11.0. The molecule has 1 saturated heterocycles. The summed E-state index contributed by atoms with van der Waals surface area (Å²) in [5, 5.41) is 16.5. The zero-order valence-corrected chi connectivity index (χ0v) is 7.88. The average molecular weight is 201 g/mol. The SMILES string of the molecule is O=S1CCC(Nc2nn[nH]n2)CC1. The highest BCUT2D eigenvalue weighted by molar-refractivity contribution is 7.85. The standard InChI is InChI=1S/C6H11N5OS/c12-13-3-1-5(2-4-13)7-6-8-10-11-9-6/h5H,1-4H2,(H2,7,8,9,10,11). The van der Waals surface area contributed by atoms with Gasteiger partial charge in [0, 0.05) is 28.3 Å². The monoisotopic (exact) mass is 201 g/mol. The van der Waals surface area contributed by atoms with E-state index in [1.54, 1.807) is 0 Å². The molecule has 0 saturated carbocycles. The summed E-state index contributed by atoms with van der Waals surface area (Å²) in [6.45, 7) is 0. The first-order chi connectivity index (χ1) is 6.34. The highest BCUT2D eigenvalue weighted by atomic mass is 32.2. The summed E-state index contributed by atoms with van der Waals surface area (Å²) in [7, 11) is -0.614. The van der Waals surface area contributed by atoms with Crippen molar-refractivity contribution in [3.05, 3.63) is 0 Å². The molecule has 0 bridgehead atoms. The summed E-state index contributed by atoms with van der Waals surface area (Å²) in [5.41, 5.74) is 0. The van der Waals surface area contributed by atoms with Crippen molar-refractivity contribution in [3.8, 4) is 0 Å². The van der Waals surface area contributed by atoms with Crippen molar-refractivity contribution in [1.29, 1.82) is 0 Å². The topological polar surface area (TPSA) is 83.6 Å². The van der Waals surface area contributed by atoms with Crippen LogP contribution >= 0.6 is 0 Å². The minimum Gasteiger partial charge on any atom is -0.349 e. The number of nitrogens with zero attached hydrogens (tertiary/aromatic N) is 3. The second-order valence-electron chi connectivity index (χ2n) is 3.00. The van der Waals surface area contributed by atoms with Crippen molar-refractivity contribution in [1.82, 2.24) is 20.6 Å². The molecule has 7 heteroatoms. The molecule has 72 valence electrons. The molecule has 0 spiro atoms. The lowest BCUT2D eigenvalue weighted by Gasteiger charge is -2.21. The molecular formula is C6H11N5OS. The van der Waals surface area contributed by atoms with E-state index in [1.165, 1.54) is 0 Å². The Bertz CT molecular complexity index is 277. The quantitative estimate of drug-likeness (QED) is 0.675. The second-order valence-corrected chi connectivity index (χ2v) is 4.70. The Balaban J connectivity index is 1.86. The fourth-order valence-electron chi connectivity index (χ4n) is 1.34. The molecule has 1 fully saturated rings. The summed E-state index contributed by atoms with van der Waals surface area (Å²) in [4.78, 5) is 0. The molecule has 1 aromatic heterocycles. The van der Waals surface area contributed by atoms with Crippen molar-refractivity contribution in [3.63, 3.8) is 0 Å². The van der Waals surface area contributed by atoms with Crippen LogP contribution in [-0.4, -0.2) is 42.4 Å². The van der Waals surface area contributed by atoms with Crippen LogP contribution in [0, 0.1) is 0 Å². The predicted molar refractivity (Wildman–Crippen MR) is 48.7 cm³/mol. The lowest BCUT2D eigenvalue weighted by Crippen LogP contribution is -2.29. The van der Waals surface area contributed by atoms with Gasteiger partial charge in [-0.1, -0.05) is 5.10 Å². The van der Waals surface area contributed by atoms with Gasteiger partial charge in [0.15, 0.2) is 0 Å². The molecule has 0 amide bonds. The van der Waals surface area contributed by atoms with Gasteiger partial charge >= 0.3 is 0 Å². The first-order valence-corrected chi connectivity index (χ1v) is 5.68. The highest BCUT2D eigenvalue weighted by Crippen LogP contribution is 2.12. The van der Waals surface area contributed by atoms with Gasteiger partial charge in [-0.2, -0.15) is 5.21 Å². The molecule has 13 heavy (non-hydrogen) atoms. The van der Waals surface area contributed by atoms with Crippen LogP contribution in [0.25, 0.3) is 0 Å². The molecule has 0 aromatic carbocycles. The summed E-state index contributed by atoms with van der Waals surface area (Å²) in [6, 6.07) is 0.343. The third kappa shape index (κ3) is 2.24. The van der Waals surface area contributed by atoms with E-state index in [-0.39, 0.29) is 0 Å². The van der Waals surface area contributed by atoms with Crippen molar-refractivity contribution < 1.29 is 4.21 Å². The van der Waals surface area contributed by atoms with Crippen LogP contribution in [0.5, 0.6) is 0 Å². The highest BCUT2D eigenvalue weighted by Gasteiger charge is 2.18. The Hall–Kier alpha value is -0.980. The van der Waals surface area contributed by atoms with Gasteiger partial charge in [0.25, 0.3) is 5.95 Å². The Morgan fingerprint density at radius 1 is 1.46 bits per heavy atom. The van der Waals surface area contributed by atoms with Crippen molar-refractivity contribution >= 4 is 16.7 Å². The molecule has 2 N–H and O–H groups in total. The van der Waals surface area contributed by atoms with Gasteiger partial charge in [-0.3, -0.25) is 4.21 Å². The van der Waals surface area contributed by atoms with Crippen molar-refractivity contribution in [2.45, 2.75) is 18.9 Å². The third-order valence-electron chi connectivity index (χ3n) is 2.07. The molecule has 2 rings (SSSR count). The maximum absolute atomic E-state index is 11.0. The molecule has 0 aliphatic carbocycles. The Labute approximate surface area is 77.9 Å². The lowest BCUT2D eigenvalue weighted by atomic mass is 10.2. The molecule has 0 atom stereocenters. The third-order valence-corrected chi connectivity index (χ3v) is 3.45. The van der Waals surface area contributed by atoms with Gasteiger partial charge in [0.1, 0.15) is 0 Å². The van der Waals surface area contributed by atoms with E-state index in [1.807, 2.05) is 0 Å². The molecule has 2 heterocycles. The zero-order valence-electron chi connectivity index (χ0n) is 7.06. The fourth-order valence-corrected chi connectivity index (χ4v) is 2.64. The van der Waals surface area contributed by atoms with E-state index < -0.39 is 10.8 Å². The average Bonchev–Trinajstić information content (AvgIpc) is 2.62. The van der Waals surface area contributed by atoms with Crippen LogP contribution < -0.4 is 5.32 Å². The normalized spacial score (nSPS) is 28.6. The van der Waals surface area contributed by atoms with Gasteiger partial charge < -0.3 is 5.32 Å². The van der Waals surface area contributed by atoms with Crippen molar-refractivity contribution in [2.24, 2.45) is 0 Å². The first-order valence-electron chi connectivity index (χ1n) is 4.19. The van der Waals surface area contributed by atoms with E-state index in [2.05, 4.69) is 25.9 Å². The maximum Gasteiger partial charge on any atom is 0.263 e. The molecule has 1 aliphatic heterocycles. The van der Waals surface area contributed by atoms with Gasteiger partial charge in [-0.05, 0) is 18.1 Å². The molecule has 0 radical (unpaired) electrons. The second kappa shape index (κ2) is 3.82. The molecule has 0 unspecified atom stereocenters. The lowest BCUT2D eigenvalue weighted by molar-refractivity contribution is 0.621. The van der Waals surface area contributed by atoms with E-state index in [9.17, 15) is 4.21 Å². The Kier molecular flexibility index (Phi) is 2.53. The van der Waals surface area contributed by atoms with Crippen LogP contribution in [0.4, 0.5) is 5.95 Å². The number of aromatic amines is 1. The van der Waals surface area contributed by atoms with Gasteiger partial charge in [0.05, 0.1) is 0 Å². The summed E-state index contributed by atoms with van der Waals surface area (Å²) >= 11 is 0. The molecule has 6 nitrogen and oxygen atoms in total. The van der Waals surface area contributed by atoms with E-state index in [0.717, 1.165) is 24.3 Å². The number of H-pyrrole nitrogens is 1. The van der Waals surface area contributed by atoms with E-state index in [4.69, 9.17) is 0 Å². The van der Waals surface area contributed by atoms with Crippen molar-refractivity contribution in [2.75, 3.05) is 16.8 Å². The summed E-state index contributed by atoms with van der Waals surface area (Å²) < 4.78 is 11.0. The van der Waals surface area contributed by atoms with E-state index in [0.29, 0.717) is 12.0 Å². The number of nitrogens with one attached hydrogen (secondary N) is 2. The molecular weight excluding hydrogens is 190 g/mol. The number of anilines is 1. The van der Waals surface area contributed by atoms with Crippen LogP contribution in [0.1, 0.15) is 12.8 Å². The predicted octanol–water partition coefficient (Wildman–Crippen LogP) is -0.477. The van der Waals surface area contributed by atoms with E-state index >= 15 is 0 Å². The molecule has 1 aromatic rings. The number of rotatable bonds is 2.